The summed E-state index contributed by atoms with van der Waals surface area (Å²) in [6.45, 7) is 2.21. The zero-order chi connectivity index (χ0) is 20.0. The van der Waals surface area contributed by atoms with Crippen LogP contribution >= 0.6 is 11.6 Å². The number of hydrogen-bond acceptors (Lipinski definition) is 5. The van der Waals surface area contributed by atoms with Crippen LogP contribution in [0.2, 0.25) is 0 Å². The van der Waals surface area contributed by atoms with Gasteiger partial charge in [-0.15, -0.1) is 0 Å². The van der Waals surface area contributed by atoms with Crippen molar-refractivity contribution in [3.8, 4) is 0 Å². The Morgan fingerprint density at radius 3 is 2.97 bits per heavy atom. The quantitative estimate of drug-likeness (QED) is 0.767. The summed E-state index contributed by atoms with van der Waals surface area (Å²) in [7, 11) is 0. The van der Waals surface area contributed by atoms with Crippen LogP contribution in [0.3, 0.4) is 0 Å². The Morgan fingerprint density at radius 1 is 1.28 bits per heavy atom. The van der Waals surface area contributed by atoms with Crippen LogP contribution in [-0.4, -0.2) is 33.3 Å². The normalized spacial score (nSPS) is 26.2. The fourth-order valence-corrected chi connectivity index (χ4v) is 4.74. The number of fused-ring (bicyclic) bond motifs is 1. The molecule has 0 aromatic carbocycles. The van der Waals surface area contributed by atoms with Crippen molar-refractivity contribution < 1.29 is 4.39 Å². The molecule has 1 N–H and O–H groups in total. The van der Waals surface area contributed by atoms with E-state index in [-0.39, 0.29) is 17.9 Å². The van der Waals surface area contributed by atoms with E-state index in [2.05, 4.69) is 33.2 Å². The number of nitrogens with zero attached hydrogens (tertiary/aromatic N) is 4. The molecule has 0 amide bonds. The predicted octanol–water partition coefficient (Wildman–Crippen LogP) is 4.68. The Labute approximate surface area is 174 Å². The van der Waals surface area contributed by atoms with Crippen LogP contribution in [0.1, 0.15) is 44.7 Å². The van der Waals surface area contributed by atoms with E-state index in [1.54, 1.807) is 12.3 Å². The Morgan fingerprint density at radius 2 is 2.17 bits per heavy atom. The van der Waals surface area contributed by atoms with E-state index in [0.29, 0.717) is 5.69 Å². The van der Waals surface area contributed by atoms with E-state index >= 15 is 0 Å². The smallest absolute Gasteiger partial charge is 0.149 e. The molecular formula is C22H23ClFN5. The molecule has 0 spiro atoms. The average molecular weight is 412 g/mol. The van der Waals surface area contributed by atoms with Crippen LogP contribution in [-0.2, 0) is 0 Å². The minimum absolute atomic E-state index is 0.221. The summed E-state index contributed by atoms with van der Waals surface area (Å²) in [4.78, 5) is 6.44. The van der Waals surface area contributed by atoms with Crippen LogP contribution in [0.25, 0.3) is 5.57 Å². The minimum atomic E-state index is -0.254. The lowest BCUT2D eigenvalue weighted by atomic mass is 9.92. The summed E-state index contributed by atoms with van der Waals surface area (Å²) < 4.78 is 14.1. The summed E-state index contributed by atoms with van der Waals surface area (Å²) >= 11 is 6.26. The third kappa shape index (κ3) is 3.25. The van der Waals surface area contributed by atoms with Gasteiger partial charge in [-0.3, -0.25) is 4.98 Å². The van der Waals surface area contributed by atoms with E-state index in [0.717, 1.165) is 54.2 Å². The molecule has 1 aromatic rings. The summed E-state index contributed by atoms with van der Waals surface area (Å²) in [6.07, 6.45) is 14.1. The van der Waals surface area contributed by atoms with Gasteiger partial charge in [0.2, 0.25) is 0 Å². The lowest BCUT2D eigenvalue weighted by molar-refractivity contribution is 0.218. The molecule has 0 fully saturated rings. The van der Waals surface area contributed by atoms with E-state index < -0.39 is 0 Å². The molecule has 5 nitrogen and oxygen atoms in total. The molecule has 2 atom stereocenters. The molecular weight excluding hydrogens is 389 g/mol. The van der Waals surface area contributed by atoms with Crippen LogP contribution in [0, 0.1) is 5.82 Å². The van der Waals surface area contributed by atoms with Crippen molar-refractivity contribution in [3.05, 3.63) is 70.3 Å². The second-order valence-electron chi connectivity index (χ2n) is 7.83. The number of aromatic nitrogens is 1. The monoisotopic (exact) mass is 411 g/mol. The van der Waals surface area contributed by atoms with Gasteiger partial charge in [-0.05, 0) is 68.4 Å². The Kier molecular flexibility index (Phi) is 4.66. The van der Waals surface area contributed by atoms with Crippen LogP contribution in [0.4, 0.5) is 4.39 Å². The Hall–Kier alpha value is -2.60. The van der Waals surface area contributed by atoms with E-state index in [1.165, 1.54) is 11.6 Å². The topological polar surface area (TPSA) is 43.8 Å². The molecule has 29 heavy (non-hydrogen) atoms. The summed E-state index contributed by atoms with van der Waals surface area (Å²) in [6, 6.07) is 3.55. The number of allylic oxidation sites excluding steroid dienone is 3. The highest BCUT2D eigenvalue weighted by Gasteiger charge is 2.35. The molecule has 1 aromatic heterocycles. The van der Waals surface area contributed by atoms with Crippen LogP contribution in [0.5, 0.6) is 0 Å². The summed E-state index contributed by atoms with van der Waals surface area (Å²) in [5.41, 5.74) is 3.91. The molecule has 5 rings (SSSR count). The van der Waals surface area contributed by atoms with E-state index in [4.69, 9.17) is 16.7 Å². The van der Waals surface area contributed by atoms with E-state index in [1.807, 2.05) is 18.6 Å². The van der Waals surface area contributed by atoms with Gasteiger partial charge in [0.1, 0.15) is 23.7 Å². The summed E-state index contributed by atoms with van der Waals surface area (Å²) in [5, 5.41) is 11.1. The maximum Gasteiger partial charge on any atom is 0.149 e. The Bertz CT molecular complexity index is 993. The van der Waals surface area contributed by atoms with Crippen LogP contribution in [0.15, 0.2) is 63.9 Å². The van der Waals surface area contributed by atoms with Gasteiger partial charge in [-0.1, -0.05) is 17.7 Å². The standard InChI is InChI=1S/C22H23ClFN5/c1-14-18-9-6-16(23)11-20(18)26-12-21-28(14)13-27-29(21)17-7-4-15(5-8-17)22-19(24)3-2-10-25-22/h2-4,10-14,17,26H,5-9H2,1H3. The van der Waals surface area contributed by atoms with Gasteiger partial charge in [0.25, 0.3) is 0 Å². The molecule has 0 saturated heterocycles. The molecule has 4 aliphatic rings. The second-order valence-corrected chi connectivity index (χ2v) is 8.31. The van der Waals surface area contributed by atoms with Crippen molar-refractivity contribution in [1.29, 1.82) is 0 Å². The molecule has 3 heterocycles. The maximum atomic E-state index is 14.1. The zero-order valence-electron chi connectivity index (χ0n) is 16.3. The van der Waals surface area contributed by atoms with Gasteiger partial charge in [0, 0.05) is 23.1 Å². The number of rotatable bonds is 2. The molecule has 0 bridgehead atoms. The third-order valence-corrected chi connectivity index (χ3v) is 6.45. The third-order valence-electron chi connectivity index (χ3n) is 6.15. The molecule has 0 radical (unpaired) electrons. The van der Waals surface area contributed by atoms with Gasteiger partial charge >= 0.3 is 0 Å². The van der Waals surface area contributed by atoms with Gasteiger partial charge in [0.15, 0.2) is 0 Å². The first-order valence-electron chi connectivity index (χ1n) is 10.1. The van der Waals surface area contributed by atoms with Crippen molar-refractivity contribution in [2.45, 2.75) is 51.1 Å². The average Bonchev–Trinajstić information content (AvgIpc) is 3.11. The maximum absolute atomic E-state index is 14.1. The van der Waals surface area contributed by atoms with Crippen molar-refractivity contribution >= 4 is 23.5 Å². The zero-order valence-corrected chi connectivity index (χ0v) is 17.0. The fourth-order valence-electron chi connectivity index (χ4n) is 4.54. The van der Waals surface area contributed by atoms with E-state index in [9.17, 15) is 4.39 Å². The van der Waals surface area contributed by atoms with Crippen molar-refractivity contribution in [3.63, 3.8) is 0 Å². The number of nitrogens with one attached hydrogen (secondary N) is 1. The number of hydrazone groups is 1. The van der Waals surface area contributed by atoms with Gasteiger partial charge in [-0.25, -0.2) is 9.40 Å². The molecule has 150 valence electrons. The lowest BCUT2D eigenvalue weighted by Crippen LogP contribution is -2.37. The minimum Gasteiger partial charge on any atom is -0.358 e. The second kappa shape index (κ2) is 7.34. The molecule has 0 saturated carbocycles. The largest absolute Gasteiger partial charge is 0.358 e. The van der Waals surface area contributed by atoms with Gasteiger partial charge in [0.05, 0.1) is 12.1 Å². The van der Waals surface area contributed by atoms with Crippen molar-refractivity contribution in [2.75, 3.05) is 0 Å². The summed E-state index contributed by atoms with van der Waals surface area (Å²) in [5.74, 6) is 0.790. The fraction of sp³-hybridized carbons (Fsp3) is 0.364. The van der Waals surface area contributed by atoms with Crippen LogP contribution < -0.4 is 5.32 Å². The number of pyridine rings is 1. The first-order valence-corrected chi connectivity index (χ1v) is 10.5. The highest BCUT2D eigenvalue weighted by Crippen LogP contribution is 2.37. The van der Waals surface area contributed by atoms with Crippen molar-refractivity contribution in [1.82, 2.24) is 20.2 Å². The Balaban J connectivity index is 1.36. The number of hydrogen-bond donors (Lipinski definition) is 1. The highest BCUT2D eigenvalue weighted by molar-refractivity contribution is 6.29. The van der Waals surface area contributed by atoms with Gasteiger partial charge in [-0.2, -0.15) is 5.10 Å². The number of halogens is 2. The molecule has 2 aliphatic carbocycles. The molecule has 7 heteroatoms. The molecule has 2 unspecified atom stereocenters. The lowest BCUT2D eigenvalue weighted by Gasteiger charge is -2.33. The predicted molar refractivity (Wildman–Crippen MR) is 113 cm³/mol. The molecule has 2 aliphatic heterocycles. The highest BCUT2D eigenvalue weighted by atomic mass is 35.5. The SMILES string of the molecule is CC1C2=C(C=C(Cl)CC2)NC=C2N1C=NN2C1CC=C(c2ncccc2F)CC1. The van der Waals surface area contributed by atoms with Crippen molar-refractivity contribution in [2.24, 2.45) is 5.10 Å². The first kappa shape index (κ1) is 18.4. The van der Waals surface area contributed by atoms with Gasteiger partial charge < -0.3 is 10.2 Å². The first-order chi connectivity index (χ1) is 14.1.